The number of fused-ring (bicyclic) bond motifs is 2. The predicted octanol–water partition coefficient (Wildman–Crippen LogP) is 4.23. The van der Waals surface area contributed by atoms with Crippen molar-refractivity contribution in [3.63, 3.8) is 0 Å². The van der Waals surface area contributed by atoms with Gasteiger partial charge in [-0.1, -0.05) is 44.3 Å². The monoisotopic (exact) mass is 737 g/mol. The van der Waals surface area contributed by atoms with Crippen LogP contribution < -0.4 is 20.7 Å². The number of aromatic amines is 1. The molecule has 4 fully saturated rings. The summed E-state index contributed by atoms with van der Waals surface area (Å²) in [6.07, 6.45) is 5.60. The van der Waals surface area contributed by atoms with Gasteiger partial charge in [-0.3, -0.25) is 19.1 Å². The van der Waals surface area contributed by atoms with Crippen molar-refractivity contribution >= 4 is 37.6 Å². The van der Waals surface area contributed by atoms with E-state index in [1.54, 1.807) is 24.0 Å². The number of hydrogen-bond acceptors (Lipinski definition) is 7. The Morgan fingerprint density at radius 3 is 2.47 bits per heavy atom. The van der Waals surface area contributed by atoms with Crippen molar-refractivity contribution in [3.8, 4) is 5.75 Å². The Labute approximate surface area is 311 Å². The van der Waals surface area contributed by atoms with E-state index >= 15 is 0 Å². The second-order valence-corrected chi connectivity index (χ2v) is 19.5. The van der Waals surface area contributed by atoms with Gasteiger partial charge in [-0.25, -0.2) is 4.98 Å². The topological polar surface area (TPSA) is 152 Å². The quantitative estimate of drug-likeness (QED) is 0.168. The minimum atomic E-state index is -1.68. The van der Waals surface area contributed by atoms with Crippen LogP contribution in [-0.4, -0.2) is 78.7 Å². The number of rotatable bonds is 11. The average Bonchev–Trinajstić information content (AvgIpc) is 3.75. The van der Waals surface area contributed by atoms with Gasteiger partial charge in [0, 0.05) is 57.8 Å². The molecule has 2 aromatic carbocycles. The number of aryl methyl sites for hydroxylation is 1. The van der Waals surface area contributed by atoms with Crippen LogP contribution in [0.25, 0.3) is 11.0 Å². The van der Waals surface area contributed by atoms with E-state index in [4.69, 9.17) is 14.5 Å². The minimum Gasteiger partial charge on any atom is -0.493 e. The van der Waals surface area contributed by atoms with Crippen LogP contribution in [0, 0.1) is 17.3 Å². The Balaban J connectivity index is 1.20. The third kappa shape index (κ3) is 5.60. The van der Waals surface area contributed by atoms with Crippen molar-refractivity contribution in [1.82, 2.24) is 35.7 Å². The van der Waals surface area contributed by atoms with Gasteiger partial charge in [0.1, 0.15) is 23.3 Å². The van der Waals surface area contributed by atoms with Crippen molar-refractivity contribution in [2.75, 3.05) is 26.4 Å². The number of imidazole rings is 1. The van der Waals surface area contributed by atoms with Crippen LogP contribution in [0.1, 0.15) is 79.4 Å². The molecule has 4 heterocycles. The second kappa shape index (κ2) is 13.4. The third-order valence-corrected chi connectivity index (χ3v) is 16.2. The molecule has 4 atom stereocenters. The van der Waals surface area contributed by atoms with Crippen molar-refractivity contribution in [2.24, 2.45) is 24.3 Å². The molecule has 0 radical (unpaired) electrons. The van der Waals surface area contributed by atoms with Crippen LogP contribution in [0.5, 0.6) is 5.75 Å². The summed E-state index contributed by atoms with van der Waals surface area (Å²) in [7, 11) is 0.0889. The number of nitrogens with zero attached hydrogens (tertiary/aromatic N) is 3. The van der Waals surface area contributed by atoms with Crippen molar-refractivity contribution in [3.05, 3.63) is 77.4 Å². The van der Waals surface area contributed by atoms with E-state index in [2.05, 4.69) is 52.1 Å². The molecule has 4 N–H and O–H groups in total. The highest BCUT2D eigenvalue weighted by molar-refractivity contribution is 6.60. The highest BCUT2D eigenvalue weighted by atomic mass is 28.3. The van der Waals surface area contributed by atoms with E-state index in [0.717, 1.165) is 47.2 Å². The molecule has 1 saturated heterocycles. The zero-order valence-corrected chi connectivity index (χ0v) is 32.5. The van der Waals surface area contributed by atoms with Crippen molar-refractivity contribution in [2.45, 2.75) is 81.6 Å². The van der Waals surface area contributed by atoms with E-state index in [0.29, 0.717) is 56.6 Å². The fraction of sp³-hybridized carbons (Fsp3) is 0.525. The number of para-hydroxylation sites is 1. The number of nitrogens with one attached hydrogen (secondary N) is 4. The number of hydrogen-bond donors (Lipinski definition) is 4. The lowest BCUT2D eigenvalue weighted by molar-refractivity contribution is -0.162. The van der Waals surface area contributed by atoms with Gasteiger partial charge in [-0.2, -0.15) is 5.10 Å². The van der Waals surface area contributed by atoms with E-state index < -0.39 is 31.3 Å². The first-order valence-electron chi connectivity index (χ1n) is 19.2. The van der Waals surface area contributed by atoms with Crippen LogP contribution in [0.3, 0.4) is 0 Å². The standard InChI is InChI=1S/C40H51N7O5Si/c1-6-41-36(49)33(38-20-25(21-38)22-38)46-37(50)39(14-17-51-18-15-39)26-11-12-28-29(19-26)44-34(43-28)32(45-35(48)30-13-16-42-47(30)3)40(53(4)5)24(2)23-52-31-10-8-7-9-27(31)40/h7-13,16,19,24-25,32-33,53H,6,14-15,17-18,20-23H2,1-5H3,(H,41,49)(H,43,44)(H,45,48)(H,46,50)/t24?,25?,32-,33+,38?,40-/m1/s1. The molecule has 3 amide bonds. The molecule has 4 aromatic rings. The lowest BCUT2D eigenvalue weighted by Crippen LogP contribution is -2.69. The van der Waals surface area contributed by atoms with Gasteiger partial charge < -0.3 is 30.4 Å². The van der Waals surface area contributed by atoms with Crippen LogP contribution >= 0.6 is 0 Å². The first kappa shape index (κ1) is 35.5. The van der Waals surface area contributed by atoms with E-state index in [9.17, 15) is 14.4 Å². The molecule has 2 aromatic heterocycles. The zero-order chi connectivity index (χ0) is 37.1. The smallest absolute Gasteiger partial charge is 0.270 e. The maximum absolute atomic E-state index is 14.6. The van der Waals surface area contributed by atoms with Gasteiger partial charge >= 0.3 is 0 Å². The van der Waals surface area contributed by atoms with E-state index in [-0.39, 0.29) is 29.1 Å². The number of aromatic nitrogens is 4. The molecule has 0 spiro atoms. The molecule has 13 heteroatoms. The maximum Gasteiger partial charge on any atom is 0.270 e. The van der Waals surface area contributed by atoms with Crippen molar-refractivity contribution in [1.29, 1.82) is 0 Å². The molecular weight excluding hydrogens is 687 g/mol. The number of ether oxygens (including phenoxy) is 2. The highest BCUT2D eigenvalue weighted by Gasteiger charge is 2.63. The summed E-state index contributed by atoms with van der Waals surface area (Å²) >= 11 is 0. The molecule has 3 aliphatic carbocycles. The lowest BCUT2D eigenvalue weighted by atomic mass is 9.41. The van der Waals surface area contributed by atoms with Crippen LogP contribution in [0.4, 0.5) is 0 Å². The van der Waals surface area contributed by atoms with Gasteiger partial charge in [0.2, 0.25) is 11.8 Å². The predicted molar refractivity (Wildman–Crippen MR) is 203 cm³/mol. The zero-order valence-electron chi connectivity index (χ0n) is 31.3. The van der Waals surface area contributed by atoms with Gasteiger partial charge in [0.25, 0.3) is 5.91 Å². The summed E-state index contributed by atoms with van der Waals surface area (Å²) < 4.78 is 13.7. The summed E-state index contributed by atoms with van der Waals surface area (Å²) in [5.74, 6) is 1.78. The Hall–Kier alpha value is -4.49. The summed E-state index contributed by atoms with van der Waals surface area (Å²) in [4.78, 5) is 50.9. The Kier molecular flexibility index (Phi) is 9.00. The molecule has 2 bridgehead atoms. The third-order valence-electron chi connectivity index (χ3n) is 13.1. The number of carbonyl (C=O) groups excluding carboxylic acids is 3. The fourth-order valence-electron chi connectivity index (χ4n) is 10.2. The number of benzene rings is 2. The molecule has 3 saturated carbocycles. The lowest BCUT2D eigenvalue weighted by Gasteiger charge is -2.64. The van der Waals surface area contributed by atoms with Gasteiger partial charge in [0.15, 0.2) is 0 Å². The molecule has 2 aliphatic heterocycles. The molecule has 1 unspecified atom stereocenters. The SMILES string of the molecule is CCNC(=O)[C@H](NC(=O)C1(c2ccc3nc([C@@H](NC(=O)c4ccnn4C)[C@]4([SiH](C)C)c5ccccc5OCC4C)[nH]c3c2)CCOCC1)C12CC(C1)C2. The normalized spacial score (nSPS) is 26.7. The fourth-order valence-corrected chi connectivity index (χ4v) is 13.2. The first-order chi connectivity index (χ1) is 25.5. The largest absolute Gasteiger partial charge is 0.493 e. The van der Waals surface area contributed by atoms with Crippen LogP contribution in [0.15, 0.2) is 54.7 Å². The molecule has 12 nitrogen and oxygen atoms in total. The molecular formula is C40H51N7O5Si. The number of amides is 3. The van der Waals surface area contributed by atoms with E-state index in [1.807, 2.05) is 43.3 Å². The second-order valence-electron chi connectivity index (χ2n) is 16.2. The van der Waals surface area contributed by atoms with Crippen LogP contribution in [-0.2, 0) is 31.8 Å². The summed E-state index contributed by atoms with van der Waals surface area (Å²) in [5, 5.41) is 13.5. The molecule has 280 valence electrons. The summed E-state index contributed by atoms with van der Waals surface area (Å²) in [6, 6.07) is 14.9. The van der Waals surface area contributed by atoms with Gasteiger partial charge in [-0.15, -0.1) is 0 Å². The van der Waals surface area contributed by atoms with Gasteiger partial charge in [-0.05, 0) is 80.7 Å². The number of likely N-dealkylation sites (N-methyl/N-ethyl adjacent to an activating group) is 1. The summed E-state index contributed by atoms with van der Waals surface area (Å²) in [6.45, 7) is 10.7. The summed E-state index contributed by atoms with van der Waals surface area (Å²) in [5.41, 5.74) is 2.91. The van der Waals surface area contributed by atoms with Crippen LogP contribution in [0.2, 0.25) is 13.1 Å². The average molecular weight is 738 g/mol. The molecule has 9 rings (SSSR count). The number of H-pyrrole nitrogens is 1. The first-order valence-corrected chi connectivity index (χ1v) is 22.1. The Bertz CT molecular complexity index is 2040. The van der Waals surface area contributed by atoms with Gasteiger partial charge in [0.05, 0.1) is 29.1 Å². The Morgan fingerprint density at radius 2 is 1.81 bits per heavy atom. The highest BCUT2D eigenvalue weighted by Crippen LogP contribution is 2.66. The number of carbonyl (C=O) groups is 3. The van der Waals surface area contributed by atoms with Crippen molar-refractivity contribution < 1.29 is 23.9 Å². The molecule has 5 aliphatic rings. The minimum absolute atomic E-state index is 0.0674. The molecule has 53 heavy (non-hydrogen) atoms. The van der Waals surface area contributed by atoms with E-state index in [1.165, 1.54) is 0 Å². The Morgan fingerprint density at radius 1 is 1.06 bits per heavy atom. The maximum atomic E-state index is 14.6.